The summed E-state index contributed by atoms with van der Waals surface area (Å²) in [4.78, 5) is 7.39. The Bertz CT molecular complexity index is 371. The van der Waals surface area contributed by atoms with Crippen molar-refractivity contribution in [3.05, 3.63) is 12.0 Å². The molecular formula is C10H15FN4O2. The summed E-state index contributed by atoms with van der Waals surface area (Å²) in [7, 11) is 0. The number of halogens is 1. The van der Waals surface area contributed by atoms with Gasteiger partial charge in [0.2, 0.25) is 11.8 Å². The van der Waals surface area contributed by atoms with E-state index in [4.69, 9.17) is 15.3 Å². The fraction of sp³-hybridized carbons (Fsp3) is 0.600. The van der Waals surface area contributed by atoms with Gasteiger partial charge in [0.25, 0.3) is 5.88 Å². The van der Waals surface area contributed by atoms with Gasteiger partial charge in [0.1, 0.15) is 6.61 Å². The lowest BCUT2D eigenvalue weighted by Gasteiger charge is -2.22. The number of nitrogen functional groups attached to an aromatic ring is 1. The van der Waals surface area contributed by atoms with Crippen molar-refractivity contribution in [2.45, 2.75) is 25.4 Å². The predicted molar refractivity (Wildman–Crippen MR) is 58.9 cm³/mol. The zero-order chi connectivity index (χ0) is 12.1. The van der Waals surface area contributed by atoms with Gasteiger partial charge >= 0.3 is 0 Å². The van der Waals surface area contributed by atoms with E-state index < -0.39 is 5.82 Å². The molecule has 0 spiro atoms. The highest BCUT2D eigenvalue weighted by Gasteiger charge is 2.16. The number of nitrogens with zero attached hydrogens (tertiary/aromatic N) is 2. The molecule has 7 heteroatoms. The van der Waals surface area contributed by atoms with Gasteiger partial charge in [0.05, 0.1) is 12.3 Å². The maximum atomic E-state index is 13.3. The van der Waals surface area contributed by atoms with Crippen molar-refractivity contribution >= 4 is 5.95 Å². The van der Waals surface area contributed by atoms with Gasteiger partial charge in [0, 0.05) is 6.61 Å². The summed E-state index contributed by atoms with van der Waals surface area (Å²) in [6.45, 7) is 1.02. The van der Waals surface area contributed by atoms with E-state index >= 15 is 0 Å². The summed E-state index contributed by atoms with van der Waals surface area (Å²) in [5, 5.41) is 0. The highest BCUT2D eigenvalue weighted by Crippen LogP contribution is 2.17. The van der Waals surface area contributed by atoms with Gasteiger partial charge in [0.15, 0.2) is 0 Å². The molecule has 17 heavy (non-hydrogen) atoms. The Balaban J connectivity index is 1.92. The Morgan fingerprint density at radius 3 is 3.18 bits per heavy atom. The first-order valence-electron chi connectivity index (χ1n) is 5.53. The largest absolute Gasteiger partial charge is 0.473 e. The molecule has 1 atom stereocenters. The van der Waals surface area contributed by atoms with E-state index in [2.05, 4.69) is 15.4 Å². The molecular weight excluding hydrogens is 227 g/mol. The lowest BCUT2D eigenvalue weighted by Crippen LogP contribution is -2.26. The second kappa shape index (κ2) is 5.74. The quantitative estimate of drug-likeness (QED) is 0.601. The Kier molecular flexibility index (Phi) is 4.05. The monoisotopic (exact) mass is 242 g/mol. The third-order valence-corrected chi connectivity index (χ3v) is 2.52. The SMILES string of the molecule is NNc1ncc(F)c(OCC2CCCCO2)n1. The Morgan fingerprint density at radius 2 is 2.47 bits per heavy atom. The minimum absolute atomic E-state index is 0.00685. The normalized spacial score (nSPS) is 20.0. The minimum Gasteiger partial charge on any atom is -0.473 e. The van der Waals surface area contributed by atoms with E-state index in [9.17, 15) is 4.39 Å². The van der Waals surface area contributed by atoms with Crippen LogP contribution in [0.1, 0.15) is 19.3 Å². The van der Waals surface area contributed by atoms with Crippen LogP contribution in [0.3, 0.4) is 0 Å². The fourth-order valence-corrected chi connectivity index (χ4v) is 1.63. The van der Waals surface area contributed by atoms with Crippen LogP contribution in [0.15, 0.2) is 6.20 Å². The number of aromatic nitrogens is 2. The van der Waals surface area contributed by atoms with Crippen molar-refractivity contribution < 1.29 is 13.9 Å². The van der Waals surface area contributed by atoms with Gasteiger partial charge in [-0.1, -0.05) is 0 Å². The second-order valence-corrected chi connectivity index (χ2v) is 3.79. The van der Waals surface area contributed by atoms with Gasteiger partial charge in [-0.15, -0.1) is 0 Å². The maximum absolute atomic E-state index is 13.3. The number of hydrazine groups is 1. The van der Waals surface area contributed by atoms with Crippen LogP contribution in [-0.2, 0) is 4.74 Å². The molecule has 1 unspecified atom stereocenters. The van der Waals surface area contributed by atoms with Crippen LogP contribution in [0.25, 0.3) is 0 Å². The van der Waals surface area contributed by atoms with E-state index in [-0.39, 0.29) is 24.5 Å². The highest BCUT2D eigenvalue weighted by molar-refractivity contribution is 5.26. The first-order valence-corrected chi connectivity index (χ1v) is 5.53. The van der Waals surface area contributed by atoms with Crippen molar-refractivity contribution in [3.8, 4) is 5.88 Å². The van der Waals surface area contributed by atoms with Crippen LogP contribution >= 0.6 is 0 Å². The molecule has 6 nitrogen and oxygen atoms in total. The molecule has 0 bridgehead atoms. The molecule has 1 aliphatic heterocycles. The van der Waals surface area contributed by atoms with Gasteiger partial charge in [-0.25, -0.2) is 10.8 Å². The molecule has 1 aromatic heterocycles. The zero-order valence-electron chi connectivity index (χ0n) is 9.36. The lowest BCUT2D eigenvalue weighted by molar-refractivity contribution is -0.0127. The molecule has 1 saturated heterocycles. The Labute approximate surface area is 98.3 Å². The van der Waals surface area contributed by atoms with Crippen LogP contribution in [0.2, 0.25) is 0 Å². The van der Waals surface area contributed by atoms with E-state index in [0.717, 1.165) is 32.1 Å². The first kappa shape index (κ1) is 12.0. The topological polar surface area (TPSA) is 82.3 Å². The molecule has 1 fully saturated rings. The second-order valence-electron chi connectivity index (χ2n) is 3.79. The van der Waals surface area contributed by atoms with Gasteiger partial charge in [-0.05, 0) is 19.3 Å². The van der Waals surface area contributed by atoms with Crippen LogP contribution < -0.4 is 16.0 Å². The Morgan fingerprint density at radius 1 is 1.59 bits per heavy atom. The molecule has 0 amide bonds. The molecule has 2 rings (SSSR count). The summed E-state index contributed by atoms with van der Waals surface area (Å²) < 4.78 is 24.0. The van der Waals surface area contributed by atoms with E-state index in [1.54, 1.807) is 0 Å². The van der Waals surface area contributed by atoms with Crippen molar-refractivity contribution in [1.82, 2.24) is 9.97 Å². The number of anilines is 1. The molecule has 1 aromatic rings. The number of hydrogen-bond acceptors (Lipinski definition) is 6. The number of hydrogen-bond donors (Lipinski definition) is 2. The average molecular weight is 242 g/mol. The van der Waals surface area contributed by atoms with Crippen molar-refractivity contribution in [2.75, 3.05) is 18.6 Å². The molecule has 94 valence electrons. The Hall–Kier alpha value is -1.47. The van der Waals surface area contributed by atoms with Crippen LogP contribution in [0.4, 0.5) is 10.3 Å². The smallest absolute Gasteiger partial charge is 0.255 e. The maximum Gasteiger partial charge on any atom is 0.255 e. The molecule has 1 aliphatic rings. The van der Waals surface area contributed by atoms with E-state index in [1.807, 2.05) is 0 Å². The van der Waals surface area contributed by atoms with Crippen molar-refractivity contribution in [2.24, 2.45) is 5.84 Å². The van der Waals surface area contributed by atoms with Crippen LogP contribution in [0, 0.1) is 5.82 Å². The summed E-state index contributed by atoms with van der Waals surface area (Å²) in [5.74, 6) is 4.53. The first-order chi connectivity index (χ1) is 8.29. The van der Waals surface area contributed by atoms with E-state index in [0.29, 0.717) is 0 Å². The summed E-state index contributed by atoms with van der Waals surface area (Å²) >= 11 is 0. The molecule has 0 aromatic carbocycles. The van der Waals surface area contributed by atoms with Crippen LogP contribution in [-0.4, -0.2) is 29.3 Å². The minimum atomic E-state index is -0.611. The van der Waals surface area contributed by atoms with Crippen LogP contribution in [0.5, 0.6) is 5.88 Å². The van der Waals surface area contributed by atoms with Gasteiger partial charge in [-0.2, -0.15) is 9.37 Å². The number of nitrogens with two attached hydrogens (primary N) is 1. The van der Waals surface area contributed by atoms with E-state index in [1.165, 1.54) is 0 Å². The summed E-state index contributed by atoms with van der Waals surface area (Å²) in [6.07, 6.45) is 4.12. The fourth-order valence-electron chi connectivity index (χ4n) is 1.63. The number of nitrogens with one attached hydrogen (secondary N) is 1. The molecule has 3 N–H and O–H groups in total. The predicted octanol–water partition coefficient (Wildman–Crippen LogP) is 0.849. The lowest BCUT2D eigenvalue weighted by atomic mass is 10.1. The zero-order valence-corrected chi connectivity index (χ0v) is 9.36. The van der Waals surface area contributed by atoms with Gasteiger partial charge < -0.3 is 9.47 Å². The van der Waals surface area contributed by atoms with Crippen molar-refractivity contribution in [1.29, 1.82) is 0 Å². The number of ether oxygens (including phenoxy) is 2. The standard InChI is InChI=1S/C10H15FN4O2/c11-8-5-13-10(15-12)14-9(8)17-6-7-3-1-2-4-16-7/h5,7H,1-4,6,12H2,(H,13,14,15). The summed E-state index contributed by atoms with van der Waals surface area (Å²) in [5.41, 5.74) is 2.23. The molecule has 0 aliphatic carbocycles. The number of rotatable bonds is 4. The third kappa shape index (κ3) is 3.24. The third-order valence-electron chi connectivity index (χ3n) is 2.52. The highest BCUT2D eigenvalue weighted by atomic mass is 19.1. The molecule has 0 radical (unpaired) electrons. The summed E-state index contributed by atoms with van der Waals surface area (Å²) in [6, 6.07) is 0. The van der Waals surface area contributed by atoms with Crippen molar-refractivity contribution in [3.63, 3.8) is 0 Å². The average Bonchev–Trinajstić information content (AvgIpc) is 2.39. The molecule has 0 saturated carbocycles. The molecule has 2 heterocycles. The van der Waals surface area contributed by atoms with Gasteiger partial charge in [-0.3, -0.25) is 5.43 Å².